The highest BCUT2D eigenvalue weighted by Gasteiger charge is 2.11. The molecule has 0 aromatic heterocycles. The number of halogens is 1. The quantitative estimate of drug-likeness (QED) is 0.503. The highest BCUT2D eigenvalue weighted by Crippen LogP contribution is 2.13. The van der Waals surface area contributed by atoms with E-state index in [0.29, 0.717) is 0 Å². The predicted octanol–water partition coefficient (Wildman–Crippen LogP) is 3.54. The Hall–Kier alpha value is 1.46. The van der Waals surface area contributed by atoms with Crippen LogP contribution < -0.4 is 0 Å². The molecule has 0 N–H and O–H groups in total. The summed E-state index contributed by atoms with van der Waals surface area (Å²) in [6.45, 7) is 7.37. The van der Waals surface area contributed by atoms with Crippen LogP contribution in [-0.2, 0) is 0 Å². The second-order valence-electron chi connectivity index (χ2n) is 4.06. The molecule has 0 aromatic carbocycles. The fraction of sp³-hybridized carbons (Fsp3) is 1.00. The van der Waals surface area contributed by atoms with E-state index in [4.69, 9.17) is 0 Å². The van der Waals surface area contributed by atoms with Crippen LogP contribution in [0.5, 0.6) is 0 Å². The van der Waals surface area contributed by atoms with Crippen LogP contribution in [0.3, 0.4) is 0 Å². The third kappa shape index (κ3) is 9.46. The van der Waals surface area contributed by atoms with Gasteiger partial charge in [-0.05, 0) is 0 Å². The highest BCUT2D eigenvalue weighted by molar-refractivity contribution is 9.23. The molecule has 0 atom stereocenters. The molecule has 0 saturated carbocycles. The zero-order valence-corrected chi connectivity index (χ0v) is 11.4. The van der Waals surface area contributed by atoms with Crippen LogP contribution in [0.25, 0.3) is 0 Å². The summed E-state index contributed by atoms with van der Waals surface area (Å²) in [5, 5.41) is 0. The lowest BCUT2D eigenvalue weighted by Crippen LogP contribution is -2.18. The van der Waals surface area contributed by atoms with Gasteiger partial charge >= 0.3 is 18.2 Å². The summed E-state index contributed by atoms with van der Waals surface area (Å²) < 4.78 is 1.49. The van der Waals surface area contributed by atoms with Gasteiger partial charge in [0, 0.05) is 8.07 Å². The second-order valence-corrected chi connectivity index (χ2v) is 13.1. The van der Waals surface area contributed by atoms with E-state index < -0.39 is 8.07 Å². The van der Waals surface area contributed by atoms with Crippen LogP contribution in [0.2, 0.25) is 30.2 Å². The Morgan fingerprint density at radius 3 is 2.20 bits per heavy atom. The molecule has 0 spiro atoms. The molecule has 0 heterocycles. The molecule has 0 aliphatic carbocycles. The van der Waals surface area contributed by atoms with Gasteiger partial charge in [0.2, 0.25) is 0 Å². The molecule has 0 aliphatic rings. The molecule has 0 bridgehead atoms. The fourth-order valence-electron chi connectivity index (χ4n) is 0.927. The summed E-state index contributed by atoms with van der Waals surface area (Å²) in [6.07, 6.45) is 2.95. The van der Waals surface area contributed by atoms with Gasteiger partial charge in [-0.3, -0.25) is 0 Å². The van der Waals surface area contributed by atoms with Crippen molar-refractivity contribution in [3.05, 3.63) is 0 Å². The van der Waals surface area contributed by atoms with E-state index in [1.807, 2.05) is 0 Å². The van der Waals surface area contributed by atoms with Gasteiger partial charge in [-0.15, -0.1) is 4.55 Å². The highest BCUT2D eigenvalue weighted by atomic mass is 79.9. The van der Waals surface area contributed by atoms with Gasteiger partial charge in [-0.2, -0.15) is 0 Å². The lowest BCUT2D eigenvalue weighted by atomic mass is 10.4. The predicted molar refractivity (Wildman–Crippen MR) is 56.9 cm³/mol. The minimum Gasteiger partial charge on any atom is -0.307 e. The van der Waals surface area contributed by atoms with Gasteiger partial charge in [0.05, 0.1) is 0 Å². The fourth-order valence-corrected chi connectivity index (χ4v) is 3.97. The second kappa shape index (κ2) is 6.03. The summed E-state index contributed by atoms with van der Waals surface area (Å²) in [4.78, 5) is 0. The Balaban J connectivity index is 3.04. The van der Waals surface area contributed by atoms with E-state index >= 15 is 0 Å². The largest absolute Gasteiger partial charge is 0.468 e. The molecule has 0 amide bonds. The van der Waals surface area contributed by atoms with Crippen molar-refractivity contribution in [1.29, 1.82) is 0 Å². The van der Waals surface area contributed by atoms with Crippen LogP contribution in [0.15, 0.2) is 0 Å². The smallest absolute Gasteiger partial charge is 0.307 e. The lowest BCUT2D eigenvalue weighted by molar-refractivity contribution is 0.866. The maximum Gasteiger partial charge on any atom is 0.468 e. The molecule has 3 heteroatoms. The maximum atomic E-state index is 3.58. The molecule has 0 fully saturated rings. The van der Waals surface area contributed by atoms with Crippen molar-refractivity contribution in [2.75, 3.05) is 0 Å². The van der Waals surface area contributed by atoms with Gasteiger partial charge in [0.15, 0.2) is 0 Å². The first-order valence-corrected chi connectivity index (χ1v) is 12.7. The van der Waals surface area contributed by atoms with Gasteiger partial charge < -0.3 is 12.9 Å². The van der Waals surface area contributed by atoms with E-state index in [1.165, 1.54) is 23.4 Å². The topological polar surface area (TPSA) is 0 Å². The molecule has 0 saturated heterocycles. The number of hydrogen-bond acceptors (Lipinski definition) is 0. The monoisotopic (exact) mass is 232 g/mol. The zero-order chi connectivity index (χ0) is 8.04. The lowest BCUT2D eigenvalue weighted by Gasteiger charge is -2.14. The Morgan fingerprint density at radius 2 is 1.80 bits per heavy atom. The van der Waals surface area contributed by atoms with Crippen molar-refractivity contribution in [2.45, 2.75) is 43.1 Å². The first kappa shape index (κ1) is 11.5. The summed E-state index contributed by atoms with van der Waals surface area (Å²) in [5.74, 6) is 0. The van der Waals surface area contributed by atoms with Gasteiger partial charge in [0.1, 0.15) is 0 Å². The maximum absolute atomic E-state index is 3.58. The van der Waals surface area contributed by atoms with Crippen LogP contribution in [0.4, 0.5) is 0 Å². The van der Waals surface area contributed by atoms with Gasteiger partial charge in [-0.1, -0.05) is 38.5 Å². The van der Waals surface area contributed by atoms with Crippen molar-refractivity contribution in [1.82, 2.24) is 0 Å². The first-order valence-electron chi connectivity index (χ1n) is 4.12. The molecular weight excluding hydrogens is 216 g/mol. The van der Waals surface area contributed by atoms with E-state index in [2.05, 4.69) is 32.5 Å². The van der Waals surface area contributed by atoms with Gasteiger partial charge in [0.25, 0.3) is 0 Å². The average molecular weight is 234 g/mol. The molecule has 0 nitrogen and oxygen atoms in total. The van der Waals surface area contributed by atoms with E-state index in [0.717, 1.165) is 0 Å². The van der Waals surface area contributed by atoms with Crippen molar-refractivity contribution < 1.29 is 0 Å². The molecule has 10 heavy (non-hydrogen) atoms. The Morgan fingerprint density at radius 1 is 1.20 bits per heavy atom. The number of rotatable bonds is 5. The summed E-state index contributed by atoms with van der Waals surface area (Å²) in [6, 6.07) is 1.52. The van der Waals surface area contributed by atoms with E-state index in [1.54, 1.807) is 0 Å². The van der Waals surface area contributed by atoms with Crippen LogP contribution in [0, 0.1) is 0 Å². The van der Waals surface area contributed by atoms with Crippen molar-refractivity contribution in [3.8, 4) is 0 Å². The minimum atomic E-state index is -0.707. The van der Waals surface area contributed by atoms with Crippen molar-refractivity contribution >= 4 is 39.2 Å². The Bertz CT molecular complexity index is 80.2. The van der Waals surface area contributed by atoms with Gasteiger partial charge in [-0.25, -0.2) is 0 Å². The van der Waals surface area contributed by atoms with Crippen molar-refractivity contribution in [2.24, 2.45) is 0 Å². The molecule has 0 aromatic rings. The third-order valence-corrected chi connectivity index (χ3v) is 5.86. The molecular formula is C7H17BrMgSi. The number of hydrogen-bond donors (Lipinski definition) is 0. The third-order valence-electron chi connectivity index (χ3n) is 1.56. The normalized spacial score (nSPS) is 11.2. The summed E-state index contributed by atoms with van der Waals surface area (Å²) in [5.41, 5.74) is 0. The van der Waals surface area contributed by atoms with Crippen LogP contribution >= 0.6 is 12.9 Å². The molecule has 0 radical (unpaired) electrons. The molecule has 0 aliphatic heterocycles. The summed E-state index contributed by atoms with van der Waals surface area (Å²) >= 11 is 3.76. The Kier molecular flexibility index (Phi) is 6.91. The van der Waals surface area contributed by atoms with Crippen LogP contribution in [0.1, 0.15) is 12.8 Å². The molecule has 0 rings (SSSR count). The SMILES string of the molecule is C[Si](C)(C)CCC[CH2][Mg][Br]. The zero-order valence-electron chi connectivity index (χ0n) is 7.41. The Labute approximate surface area is 81.8 Å². The minimum absolute atomic E-state index is 0.178. The van der Waals surface area contributed by atoms with E-state index in [9.17, 15) is 0 Å². The average Bonchev–Trinajstić information content (AvgIpc) is 1.78. The number of unbranched alkanes of at least 4 members (excludes halogenated alkanes) is 1. The van der Waals surface area contributed by atoms with Crippen LogP contribution in [-0.4, -0.2) is 26.3 Å². The van der Waals surface area contributed by atoms with Crippen molar-refractivity contribution in [3.63, 3.8) is 0 Å². The first-order chi connectivity index (χ1) is 4.56. The standard InChI is InChI=1S/C7H17Si.BrH.Mg/c1-5-6-7-8(2,3)4;;/h1,5-7H2,2-4H3;1H;/q;;+1/p-1. The summed E-state index contributed by atoms with van der Waals surface area (Å²) in [7, 11) is -0.707. The molecule has 58 valence electrons. The van der Waals surface area contributed by atoms with E-state index in [-0.39, 0.29) is 18.2 Å². The molecule has 0 unspecified atom stereocenters.